The number of hydrogen-bond donors (Lipinski definition) is 1. The van der Waals surface area contributed by atoms with Crippen LogP contribution in [0.5, 0.6) is 0 Å². The molecule has 1 aliphatic heterocycles. The van der Waals surface area contributed by atoms with Gasteiger partial charge < -0.3 is 10.0 Å². The van der Waals surface area contributed by atoms with Crippen LogP contribution in [-0.2, 0) is 0 Å². The highest BCUT2D eigenvalue weighted by atomic mass is 16.3. The van der Waals surface area contributed by atoms with Crippen molar-refractivity contribution < 1.29 is 5.11 Å². The fourth-order valence-corrected chi connectivity index (χ4v) is 3.34. The van der Waals surface area contributed by atoms with Gasteiger partial charge in [-0.05, 0) is 19.0 Å². The molecule has 3 heteroatoms. The Morgan fingerprint density at radius 2 is 1.90 bits per heavy atom. The first kappa shape index (κ1) is 16.5. The van der Waals surface area contributed by atoms with Crippen LogP contribution in [0.4, 0.5) is 0 Å². The van der Waals surface area contributed by atoms with Crippen molar-refractivity contribution in [3.63, 3.8) is 0 Å². The summed E-state index contributed by atoms with van der Waals surface area (Å²) < 4.78 is 0. The fraction of sp³-hybridized carbons (Fsp3) is 0.667. The van der Waals surface area contributed by atoms with Gasteiger partial charge >= 0.3 is 0 Å². The molecule has 1 aliphatic rings. The minimum atomic E-state index is -0.418. The lowest BCUT2D eigenvalue weighted by atomic mass is 9.82. The van der Waals surface area contributed by atoms with Gasteiger partial charge in [-0.2, -0.15) is 0 Å². The summed E-state index contributed by atoms with van der Waals surface area (Å²) in [5.41, 5.74) is 0.874. The predicted octanol–water partition coefficient (Wildman–Crippen LogP) is 2.77. The van der Waals surface area contributed by atoms with Crippen molar-refractivity contribution in [1.29, 1.82) is 0 Å². The van der Waals surface area contributed by atoms with Gasteiger partial charge in [0, 0.05) is 37.6 Å². The first-order chi connectivity index (χ1) is 9.94. The number of rotatable bonds is 5. The smallest absolute Gasteiger partial charge is 0.0853 e. The number of aliphatic hydroxyl groups excluding tert-OH is 1. The van der Waals surface area contributed by atoms with Crippen molar-refractivity contribution in [2.75, 3.05) is 33.2 Å². The van der Waals surface area contributed by atoms with E-state index in [2.05, 4.69) is 37.6 Å². The Balaban J connectivity index is 2.00. The summed E-state index contributed by atoms with van der Waals surface area (Å²) in [5.74, 6) is 0. The van der Waals surface area contributed by atoms with Gasteiger partial charge in [-0.1, -0.05) is 51.1 Å². The highest BCUT2D eigenvalue weighted by Crippen LogP contribution is 2.34. The van der Waals surface area contributed by atoms with Crippen LogP contribution < -0.4 is 0 Å². The van der Waals surface area contributed by atoms with Gasteiger partial charge in [-0.15, -0.1) is 0 Å². The van der Waals surface area contributed by atoms with E-state index in [0.717, 1.165) is 31.7 Å². The number of benzene rings is 1. The standard InChI is InChI=1S/C18H30N2O/c1-5-16-13-20(12-11-19(16)4)14-18(2,3)17(21)15-9-7-6-8-10-15/h6-10,16-17,21H,5,11-14H2,1-4H3. The summed E-state index contributed by atoms with van der Waals surface area (Å²) in [6.45, 7) is 10.9. The molecule has 1 heterocycles. The molecule has 21 heavy (non-hydrogen) atoms. The fourth-order valence-electron chi connectivity index (χ4n) is 3.34. The van der Waals surface area contributed by atoms with E-state index in [1.54, 1.807) is 0 Å². The van der Waals surface area contributed by atoms with Gasteiger partial charge in [-0.3, -0.25) is 4.90 Å². The normalized spacial score (nSPS) is 23.2. The molecule has 1 fully saturated rings. The lowest BCUT2D eigenvalue weighted by molar-refractivity contribution is -0.00158. The number of likely N-dealkylation sites (N-methyl/N-ethyl adjacent to an activating group) is 1. The predicted molar refractivity (Wildman–Crippen MR) is 88.3 cm³/mol. The summed E-state index contributed by atoms with van der Waals surface area (Å²) in [4.78, 5) is 4.97. The second kappa shape index (κ2) is 6.91. The zero-order valence-corrected chi connectivity index (χ0v) is 13.9. The van der Waals surface area contributed by atoms with Gasteiger partial charge in [0.05, 0.1) is 6.10 Å². The lowest BCUT2D eigenvalue weighted by Gasteiger charge is -2.43. The average Bonchev–Trinajstić information content (AvgIpc) is 2.49. The monoisotopic (exact) mass is 290 g/mol. The van der Waals surface area contributed by atoms with Crippen LogP contribution in [0.2, 0.25) is 0 Å². The van der Waals surface area contributed by atoms with E-state index in [4.69, 9.17) is 0 Å². The van der Waals surface area contributed by atoms with Crippen molar-refractivity contribution in [2.24, 2.45) is 5.41 Å². The molecule has 0 aromatic heterocycles. The highest BCUT2D eigenvalue weighted by molar-refractivity contribution is 5.19. The number of aliphatic hydroxyl groups is 1. The molecular formula is C18H30N2O. The molecule has 118 valence electrons. The maximum atomic E-state index is 10.7. The summed E-state index contributed by atoms with van der Waals surface area (Å²) in [6.07, 6.45) is 0.771. The van der Waals surface area contributed by atoms with Crippen molar-refractivity contribution >= 4 is 0 Å². The van der Waals surface area contributed by atoms with Crippen LogP contribution in [0.15, 0.2) is 30.3 Å². The third kappa shape index (κ3) is 4.06. The van der Waals surface area contributed by atoms with E-state index in [1.807, 2.05) is 30.3 Å². The van der Waals surface area contributed by atoms with Gasteiger partial charge in [0.15, 0.2) is 0 Å². The Labute approximate surface area is 129 Å². The first-order valence-corrected chi connectivity index (χ1v) is 8.09. The van der Waals surface area contributed by atoms with Gasteiger partial charge in [0.1, 0.15) is 0 Å². The van der Waals surface area contributed by atoms with E-state index < -0.39 is 6.10 Å². The van der Waals surface area contributed by atoms with E-state index >= 15 is 0 Å². The van der Waals surface area contributed by atoms with Crippen molar-refractivity contribution in [2.45, 2.75) is 39.3 Å². The summed E-state index contributed by atoms with van der Waals surface area (Å²) in [5, 5.41) is 10.7. The van der Waals surface area contributed by atoms with E-state index in [0.29, 0.717) is 6.04 Å². The van der Waals surface area contributed by atoms with E-state index in [-0.39, 0.29) is 5.41 Å². The molecule has 1 aromatic carbocycles. The molecule has 0 saturated carbocycles. The zero-order chi connectivity index (χ0) is 15.5. The molecule has 2 rings (SSSR count). The van der Waals surface area contributed by atoms with Crippen molar-refractivity contribution in [3.05, 3.63) is 35.9 Å². The number of nitrogens with zero attached hydrogens (tertiary/aromatic N) is 2. The second-order valence-electron chi connectivity index (χ2n) is 7.08. The molecule has 0 aliphatic carbocycles. The summed E-state index contributed by atoms with van der Waals surface area (Å²) >= 11 is 0. The minimum absolute atomic E-state index is 0.143. The Hall–Kier alpha value is -0.900. The van der Waals surface area contributed by atoms with Crippen LogP contribution in [0.3, 0.4) is 0 Å². The molecule has 2 atom stereocenters. The van der Waals surface area contributed by atoms with Crippen LogP contribution in [-0.4, -0.2) is 54.2 Å². The van der Waals surface area contributed by atoms with Crippen molar-refractivity contribution in [1.82, 2.24) is 9.80 Å². The second-order valence-corrected chi connectivity index (χ2v) is 7.08. The highest BCUT2D eigenvalue weighted by Gasteiger charge is 2.33. The third-order valence-corrected chi connectivity index (χ3v) is 4.82. The van der Waals surface area contributed by atoms with Gasteiger partial charge in [0.2, 0.25) is 0 Å². The largest absolute Gasteiger partial charge is 0.388 e. The minimum Gasteiger partial charge on any atom is -0.388 e. The molecule has 2 unspecified atom stereocenters. The van der Waals surface area contributed by atoms with Crippen LogP contribution in [0, 0.1) is 5.41 Å². The zero-order valence-electron chi connectivity index (χ0n) is 13.9. The molecule has 0 bridgehead atoms. The maximum absolute atomic E-state index is 10.7. The Kier molecular flexibility index (Phi) is 5.42. The number of piperazine rings is 1. The van der Waals surface area contributed by atoms with Gasteiger partial charge in [-0.25, -0.2) is 0 Å². The summed E-state index contributed by atoms with van der Waals surface area (Å²) in [6, 6.07) is 10.7. The Bertz CT molecular complexity index is 432. The van der Waals surface area contributed by atoms with Crippen LogP contribution >= 0.6 is 0 Å². The number of hydrogen-bond acceptors (Lipinski definition) is 3. The van der Waals surface area contributed by atoms with E-state index in [1.165, 1.54) is 6.42 Å². The lowest BCUT2D eigenvalue weighted by Crippen LogP contribution is -2.53. The molecular weight excluding hydrogens is 260 g/mol. The van der Waals surface area contributed by atoms with E-state index in [9.17, 15) is 5.11 Å². The first-order valence-electron chi connectivity index (χ1n) is 8.09. The van der Waals surface area contributed by atoms with Crippen LogP contribution in [0.1, 0.15) is 38.9 Å². The third-order valence-electron chi connectivity index (χ3n) is 4.82. The molecule has 1 N–H and O–H groups in total. The Morgan fingerprint density at radius 1 is 1.24 bits per heavy atom. The molecule has 0 amide bonds. The quantitative estimate of drug-likeness (QED) is 0.903. The van der Waals surface area contributed by atoms with Crippen molar-refractivity contribution in [3.8, 4) is 0 Å². The summed E-state index contributed by atoms with van der Waals surface area (Å²) in [7, 11) is 2.22. The average molecular weight is 290 g/mol. The SMILES string of the molecule is CCC1CN(CC(C)(C)C(O)c2ccccc2)CCN1C. The molecule has 0 spiro atoms. The molecule has 3 nitrogen and oxygen atoms in total. The Morgan fingerprint density at radius 3 is 2.52 bits per heavy atom. The van der Waals surface area contributed by atoms with Crippen LogP contribution in [0.25, 0.3) is 0 Å². The van der Waals surface area contributed by atoms with Gasteiger partial charge in [0.25, 0.3) is 0 Å². The maximum Gasteiger partial charge on any atom is 0.0853 e. The topological polar surface area (TPSA) is 26.7 Å². The molecule has 0 radical (unpaired) electrons. The molecule has 1 saturated heterocycles. The molecule has 1 aromatic rings.